The van der Waals surface area contributed by atoms with Crippen LogP contribution < -0.4 is 0 Å². The zero-order valence-electron chi connectivity index (χ0n) is 91.5. The van der Waals surface area contributed by atoms with E-state index in [9.17, 15) is 0 Å². The largest absolute Gasteiger partial charge is 0.309 e. The summed E-state index contributed by atoms with van der Waals surface area (Å²) in [5, 5.41) is 10.9. The molecule has 0 amide bonds. The van der Waals surface area contributed by atoms with Gasteiger partial charge in [-0.1, -0.05) is 482 Å². The second-order valence-corrected chi connectivity index (χ2v) is 31.2. The van der Waals surface area contributed by atoms with Gasteiger partial charge in [-0.3, -0.25) is 0 Å². The summed E-state index contributed by atoms with van der Waals surface area (Å²) >= 11 is 0. The van der Waals surface area contributed by atoms with E-state index in [2.05, 4.69) is 334 Å². The van der Waals surface area contributed by atoms with Crippen LogP contribution >= 0.6 is 0 Å². The van der Waals surface area contributed by atoms with E-state index in [0.29, 0.717) is 0 Å². The van der Waals surface area contributed by atoms with Gasteiger partial charge in [0.15, 0.2) is 0 Å². The molecule has 8 aliphatic rings. The summed E-state index contributed by atoms with van der Waals surface area (Å²) in [6, 6.07) is 117. The molecule has 0 saturated carbocycles. The lowest BCUT2D eigenvalue weighted by molar-refractivity contribution is 1.02. The van der Waals surface area contributed by atoms with Gasteiger partial charge in [0.25, 0.3) is 0 Å². The molecule has 4 aromatic heterocycles. The quantitative estimate of drug-likeness (QED) is 0.144. The van der Waals surface area contributed by atoms with E-state index in [4.69, 9.17) is 0 Å². The summed E-state index contributed by atoms with van der Waals surface area (Å²) in [6.45, 7) is 64.0. The van der Waals surface area contributed by atoms with Crippen molar-refractivity contribution in [3.63, 3.8) is 0 Å². The Labute approximate surface area is 844 Å². The summed E-state index contributed by atoms with van der Waals surface area (Å²) in [4.78, 5) is 0. The Morgan fingerprint density at radius 1 is 0.136 bits per heavy atom. The highest BCUT2D eigenvalue weighted by atomic mass is 15.0. The van der Waals surface area contributed by atoms with Gasteiger partial charge in [-0.05, 0) is 214 Å². The third kappa shape index (κ3) is 20.0. The van der Waals surface area contributed by atoms with Crippen LogP contribution in [0.15, 0.2) is 315 Å². The average molecular weight is 1850 g/mol. The molecule has 4 nitrogen and oxygen atoms in total. The van der Waals surface area contributed by atoms with Gasteiger partial charge in [0.1, 0.15) is 0 Å². The summed E-state index contributed by atoms with van der Waals surface area (Å²) in [7, 11) is 0. The van der Waals surface area contributed by atoms with E-state index in [-0.39, 0.29) is 0 Å². The molecule has 140 heavy (non-hydrogen) atoms. The summed E-state index contributed by atoms with van der Waals surface area (Å²) in [5.41, 5.74) is 51.0. The van der Waals surface area contributed by atoms with E-state index in [0.717, 1.165) is 51.4 Å². The Balaban J connectivity index is 0.000000190. The lowest BCUT2D eigenvalue weighted by Gasteiger charge is -2.23. The molecule has 8 heterocycles. The van der Waals surface area contributed by atoms with E-state index in [1.54, 1.807) is 0 Å². The van der Waals surface area contributed by atoms with Gasteiger partial charge >= 0.3 is 0 Å². The van der Waals surface area contributed by atoms with E-state index >= 15 is 0 Å². The Morgan fingerprint density at radius 2 is 0.386 bits per heavy atom. The lowest BCUT2D eigenvalue weighted by atomic mass is 9.90. The Bertz CT molecular complexity index is 7270. The van der Waals surface area contributed by atoms with E-state index in [1.165, 1.54) is 243 Å². The number of nitrogens with zero attached hydrogens (tertiary/aromatic N) is 4. The number of benzene rings is 16. The first-order valence-corrected chi connectivity index (χ1v) is 54.6. The van der Waals surface area contributed by atoms with Gasteiger partial charge in [-0.15, -0.1) is 0 Å². The van der Waals surface area contributed by atoms with Crippen LogP contribution in [0.1, 0.15) is 311 Å². The Kier molecular flexibility index (Phi) is 42.4. The zero-order chi connectivity index (χ0) is 102. The minimum absolute atomic E-state index is 1.01. The predicted molar refractivity (Wildman–Crippen MR) is 629 cm³/mol. The van der Waals surface area contributed by atoms with Crippen molar-refractivity contribution in [1.82, 2.24) is 18.3 Å². The molecule has 728 valence electrons. The molecule has 0 spiro atoms. The molecule has 28 rings (SSSR count). The third-order valence-corrected chi connectivity index (χ3v) is 25.7. The van der Waals surface area contributed by atoms with Crippen molar-refractivity contribution in [3.8, 4) is 67.3 Å². The Morgan fingerprint density at radius 3 is 0.786 bits per heavy atom. The van der Waals surface area contributed by atoms with Crippen LogP contribution in [0.3, 0.4) is 0 Å². The fourth-order valence-electron chi connectivity index (χ4n) is 21.2. The highest BCUT2D eigenvalue weighted by Gasteiger charge is 2.34. The topological polar surface area (TPSA) is 19.7 Å². The third-order valence-electron chi connectivity index (χ3n) is 25.7. The summed E-state index contributed by atoms with van der Waals surface area (Å²) in [6.07, 6.45) is 8.29. The fourth-order valence-corrected chi connectivity index (χ4v) is 21.2. The van der Waals surface area contributed by atoms with Crippen molar-refractivity contribution < 1.29 is 0 Å². The van der Waals surface area contributed by atoms with Crippen LogP contribution in [0.25, 0.3) is 154 Å². The molecular formula is C136H164N4. The molecule has 20 aromatic rings. The average Bonchev–Trinajstić information content (AvgIpc) is 1.57. The molecule has 0 N–H and O–H groups in total. The second kappa shape index (κ2) is 53.8. The van der Waals surface area contributed by atoms with Crippen LogP contribution in [-0.2, 0) is 51.4 Å². The molecule has 0 bridgehead atoms. The number of hydrogen-bond donors (Lipinski definition) is 0. The minimum atomic E-state index is 1.01. The molecule has 0 unspecified atom stereocenters. The highest BCUT2D eigenvalue weighted by molar-refractivity contribution is 6.15. The molecular weight excluding hydrogens is 1690 g/mol. The number of hydrogen-bond acceptors (Lipinski definition) is 0. The first-order chi connectivity index (χ1) is 69.6. The van der Waals surface area contributed by atoms with Crippen molar-refractivity contribution in [2.45, 2.75) is 273 Å². The molecule has 16 aromatic carbocycles. The van der Waals surface area contributed by atoms with Crippen LogP contribution in [0.4, 0.5) is 0 Å². The van der Waals surface area contributed by atoms with Crippen molar-refractivity contribution >= 4 is 87.2 Å². The number of fused-ring (bicyclic) bond motifs is 34. The predicted octanol–water partition coefficient (Wildman–Crippen LogP) is 41.5. The van der Waals surface area contributed by atoms with Crippen molar-refractivity contribution in [2.24, 2.45) is 0 Å². The zero-order valence-corrected chi connectivity index (χ0v) is 91.5. The van der Waals surface area contributed by atoms with Gasteiger partial charge in [0, 0.05) is 68.8 Å². The van der Waals surface area contributed by atoms with E-state index in [1.807, 2.05) is 222 Å². The van der Waals surface area contributed by atoms with Crippen molar-refractivity contribution in [2.75, 3.05) is 0 Å². The highest BCUT2D eigenvalue weighted by Crippen LogP contribution is 2.52. The van der Waals surface area contributed by atoms with Gasteiger partial charge < -0.3 is 18.3 Å². The molecule has 0 radical (unpaired) electrons. The van der Waals surface area contributed by atoms with Gasteiger partial charge in [0.05, 0.1) is 66.9 Å². The molecule has 0 fully saturated rings. The molecule has 0 atom stereocenters. The fraction of sp³-hybridized carbons (Fsp3) is 0.294. The molecule has 4 aliphatic carbocycles. The minimum Gasteiger partial charge on any atom is -0.309 e. The number of rotatable bonds is 0. The summed E-state index contributed by atoms with van der Waals surface area (Å²) in [5.74, 6) is 0. The lowest BCUT2D eigenvalue weighted by Crippen LogP contribution is -2.10. The Hall–Kier alpha value is -13.3. The number of aromatic nitrogens is 4. The van der Waals surface area contributed by atoms with Gasteiger partial charge in [-0.2, -0.15) is 0 Å². The maximum atomic E-state index is 2.50. The monoisotopic (exact) mass is 1850 g/mol. The molecule has 0 saturated heterocycles. The normalized spacial score (nSPS) is 11.2. The van der Waals surface area contributed by atoms with Crippen LogP contribution in [0.2, 0.25) is 0 Å². The van der Waals surface area contributed by atoms with Crippen LogP contribution in [-0.4, -0.2) is 18.3 Å². The smallest absolute Gasteiger partial charge is 0.0576 e. The first kappa shape index (κ1) is 110. The SMILES string of the molecule is CC.CC.CC.CC.CC.CC.CC.CC.CC.CC.CC.CC.CC.CC.CC.CC.c1ccc2c(c1)Cc1c-2ccc2c1Cc1cccc3c4ccccc4n-2c13.c1ccc2c(c1)Cc1cc3c(cc1-2)-n1c2ccccc2c2cccc(c21)C3.c1ccc2c(c1)Cc1cc3c(cc1-2)Cc1cccc2c4ccccc4n-3c12.c1ccc2c(c1)Cc1ccc3c(c1-2)Cc1cccc2c4ccccc4n-3c12. The molecule has 4 aliphatic heterocycles. The van der Waals surface area contributed by atoms with Gasteiger partial charge in [0.2, 0.25) is 0 Å². The number of para-hydroxylation sites is 8. The van der Waals surface area contributed by atoms with Crippen molar-refractivity contribution in [1.29, 1.82) is 0 Å². The second-order valence-electron chi connectivity index (χ2n) is 31.2. The van der Waals surface area contributed by atoms with Crippen molar-refractivity contribution in [3.05, 3.63) is 404 Å². The van der Waals surface area contributed by atoms with Crippen LogP contribution in [0, 0.1) is 0 Å². The van der Waals surface area contributed by atoms with Gasteiger partial charge in [-0.25, -0.2) is 0 Å². The molecule has 4 heteroatoms. The van der Waals surface area contributed by atoms with Crippen LogP contribution in [0.5, 0.6) is 0 Å². The maximum absolute atomic E-state index is 2.50. The van der Waals surface area contributed by atoms with E-state index < -0.39 is 0 Å². The standard InChI is InChI=1S/4C26H17N.16C2H6/c1-2-8-20-16(6-1)12-18-15-25-19(14-23(18)20)13-17-7-5-10-22-21-9-3-4-11-24(21)27(25)26(17)22;1-2-8-20-16(6-1)12-18-14-19-13-17-7-5-10-22-21-9-3-4-11-24(21)27(26(17)22)25(19)15-23(18)20;1-2-8-19-16(6-1)14-17-12-13-24-22(25(17)19)15-18-7-5-10-21-20-9-3-4-11-23(20)27(24)26(18)21;1-2-8-18-16(6-1)14-22-19(18)12-13-25-23(22)15-17-7-5-10-21-20-9-3-4-11-24(20)27(25)26(17)21;16*1-2/h2*1-11,14-15H,12-13H2;2*1-13H,14-15H2;16*1-2H3. The maximum Gasteiger partial charge on any atom is 0.0576 e. The first-order valence-electron chi connectivity index (χ1n) is 54.6. The summed E-state index contributed by atoms with van der Waals surface area (Å²) < 4.78 is 10.0.